The summed E-state index contributed by atoms with van der Waals surface area (Å²) in [5, 5.41) is 5.98. The Kier molecular flexibility index (Phi) is 5.36. The second-order valence-electron chi connectivity index (χ2n) is 6.81. The number of methoxy groups -OCH3 is 1. The Morgan fingerprint density at radius 3 is 2.16 bits per heavy atom. The second kappa shape index (κ2) is 8.27. The Morgan fingerprint density at radius 1 is 0.935 bits per heavy atom. The van der Waals surface area contributed by atoms with Gasteiger partial charge in [0.25, 0.3) is 0 Å². The van der Waals surface area contributed by atoms with E-state index >= 15 is 0 Å². The number of anilines is 2. The molecule has 0 atom stereocenters. The molecule has 0 saturated carbocycles. The van der Waals surface area contributed by atoms with Crippen molar-refractivity contribution in [3.63, 3.8) is 0 Å². The first-order valence-electron chi connectivity index (χ1n) is 9.42. The maximum Gasteiger partial charge on any atom is 0.411 e. The summed E-state index contributed by atoms with van der Waals surface area (Å²) >= 11 is 0. The molecule has 8 heteroatoms. The average molecular weight is 419 g/mol. The van der Waals surface area contributed by atoms with Crippen LogP contribution < -0.4 is 16.1 Å². The van der Waals surface area contributed by atoms with Crippen LogP contribution in [0.15, 0.2) is 71.5 Å². The van der Waals surface area contributed by atoms with E-state index in [9.17, 15) is 18.8 Å². The molecule has 156 valence electrons. The van der Waals surface area contributed by atoms with E-state index in [2.05, 4.69) is 15.4 Å². The van der Waals surface area contributed by atoms with Crippen LogP contribution in [-0.4, -0.2) is 23.7 Å². The molecule has 3 aromatic carbocycles. The van der Waals surface area contributed by atoms with Gasteiger partial charge in [-0.15, -0.1) is 0 Å². The lowest BCUT2D eigenvalue weighted by atomic mass is 10.1. The molecule has 2 amide bonds. The lowest BCUT2D eigenvalue weighted by Crippen LogP contribution is -2.21. The number of ether oxygens (including phenoxy) is 1. The van der Waals surface area contributed by atoms with Crippen LogP contribution in [0.5, 0.6) is 0 Å². The molecule has 4 aromatic rings. The number of halogens is 1. The molecule has 0 bridgehead atoms. The third-order valence-corrected chi connectivity index (χ3v) is 4.85. The number of carbonyl (C=O) groups excluding carboxylic acids is 2. The standard InChI is InChI=1S/C23H18FN3O4/c1-31-23(30)26-18-12-14(10-11-17(18)24)25-21(28)13-27-19-8-4-2-6-15(19)22(29)16-7-3-5-9-20(16)27/h2-12H,13H2,1H3,(H,25,28)(H,26,30). The van der Waals surface area contributed by atoms with Gasteiger partial charge in [-0.3, -0.25) is 14.9 Å². The van der Waals surface area contributed by atoms with Crippen molar-refractivity contribution in [3.8, 4) is 0 Å². The van der Waals surface area contributed by atoms with Crippen molar-refractivity contribution in [1.29, 1.82) is 0 Å². The van der Waals surface area contributed by atoms with Gasteiger partial charge in [0.2, 0.25) is 5.91 Å². The SMILES string of the molecule is COC(=O)Nc1cc(NC(=O)Cn2c3ccccc3c(=O)c3ccccc32)ccc1F. The van der Waals surface area contributed by atoms with Gasteiger partial charge >= 0.3 is 6.09 Å². The molecule has 0 spiro atoms. The number of amides is 2. The molecule has 0 saturated heterocycles. The highest BCUT2D eigenvalue weighted by Crippen LogP contribution is 2.22. The van der Waals surface area contributed by atoms with Gasteiger partial charge in [-0.2, -0.15) is 0 Å². The summed E-state index contributed by atoms with van der Waals surface area (Å²) in [6.07, 6.45) is -0.825. The minimum Gasteiger partial charge on any atom is -0.453 e. The Morgan fingerprint density at radius 2 is 1.55 bits per heavy atom. The Labute approximate surface area is 176 Å². The van der Waals surface area contributed by atoms with Crippen molar-refractivity contribution in [2.24, 2.45) is 0 Å². The number of nitrogens with one attached hydrogen (secondary N) is 2. The van der Waals surface area contributed by atoms with E-state index in [4.69, 9.17) is 0 Å². The summed E-state index contributed by atoms with van der Waals surface area (Å²) < 4.78 is 20.2. The lowest BCUT2D eigenvalue weighted by Gasteiger charge is -2.15. The molecule has 31 heavy (non-hydrogen) atoms. The van der Waals surface area contributed by atoms with Crippen LogP contribution in [0, 0.1) is 5.82 Å². The third-order valence-electron chi connectivity index (χ3n) is 4.85. The van der Waals surface area contributed by atoms with Crippen LogP contribution in [0.2, 0.25) is 0 Å². The zero-order valence-electron chi connectivity index (χ0n) is 16.5. The summed E-state index contributed by atoms with van der Waals surface area (Å²) in [5.41, 5.74) is 1.35. The molecular formula is C23H18FN3O4. The van der Waals surface area contributed by atoms with Crippen LogP contribution in [0.3, 0.4) is 0 Å². The smallest absolute Gasteiger partial charge is 0.411 e. The Bertz CT molecular complexity index is 1320. The van der Waals surface area contributed by atoms with E-state index in [0.29, 0.717) is 27.5 Å². The topological polar surface area (TPSA) is 89.4 Å². The van der Waals surface area contributed by atoms with E-state index in [1.807, 2.05) is 0 Å². The van der Waals surface area contributed by atoms with Gasteiger partial charge in [0.05, 0.1) is 23.8 Å². The molecule has 7 nitrogen and oxygen atoms in total. The van der Waals surface area contributed by atoms with Crippen LogP contribution in [-0.2, 0) is 16.1 Å². The molecule has 0 aliphatic heterocycles. The van der Waals surface area contributed by atoms with E-state index in [1.165, 1.54) is 12.1 Å². The number of hydrogen-bond acceptors (Lipinski definition) is 4. The van der Waals surface area contributed by atoms with Crippen molar-refractivity contribution < 1.29 is 18.7 Å². The maximum atomic E-state index is 13.9. The molecule has 0 aliphatic rings. The van der Waals surface area contributed by atoms with E-state index < -0.39 is 11.9 Å². The summed E-state index contributed by atoms with van der Waals surface area (Å²) in [4.78, 5) is 37.0. The minimum absolute atomic E-state index is 0.0710. The first kappa shape index (κ1) is 20.1. The summed E-state index contributed by atoms with van der Waals surface area (Å²) in [7, 11) is 1.16. The second-order valence-corrected chi connectivity index (χ2v) is 6.81. The molecular weight excluding hydrogens is 401 g/mol. The van der Waals surface area contributed by atoms with Gasteiger partial charge in [-0.05, 0) is 42.5 Å². The molecule has 0 unspecified atom stereocenters. The normalized spacial score (nSPS) is 10.8. The molecule has 1 heterocycles. The van der Waals surface area contributed by atoms with Crippen LogP contribution in [0.25, 0.3) is 21.8 Å². The highest BCUT2D eigenvalue weighted by atomic mass is 19.1. The van der Waals surface area contributed by atoms with Gasteiger partial charge in [0.15, 0.2) is 5.43 Å². The van der Waals surface area contributed by atoms with Crippen molar-refractivity contribution >= 4 is 45.2 Å². The fourth-order valence-corrected chi connectivity index (χ4v) is 3.45. The maximum absolute atomic E-state index is 13.9. The number of nitrogens with zero attached hydrogens (tertiary/aromatic N) is 1. The van der Waals surface area contributed by atoms with E-state index in [-0.39, 0.29) is 23.6 Å². The summed E-state index contributed by atoms with van der Waals surface area (Å²) in [6.45, 7) is -0.0710. The highest BCUT2D eigenvalue weighted by Gasteiger charge is 2.14. The largest absolute Gasteiger partial charge is 0.453 e. The lowest BCUT2D eigenvalue weighted by molar-refractivity contribution is -0.116. The number of rotatable bonds is 4. The minimum atomic E-state index is -0.825. The third kappa shape index (κ3) is 3.95. The van der Waals surface area contributed by atoms with Gasteiger partial charge < -0.3 is 14.6 Å². The summed E-state index contributed by atoms with van der Waals surface area (Å²) in [5.74, 6) is -1.05. The van der Waals surface area contributed by atoms with Gasteiger partial charge in [-0.25, -0.2) is 9.18 Å². The number of pyridine rings is 1. The predicted octanol–water partition coefficient (Wildman–Crippen LogP) is 4.11. The number of benzene rings is 3. The Hall–Kier alpha value is -4.20. The van der Waals surface area contributed by atoms with Crippen LogP contribution in [0.4, 0.5) is 20.6 Å². The quantitative estimate of drug-likeness (QED) is 0.487. The molecule has 1 aromatic heterocycles. The molecule has 2 N–H and O–H groups in total. The monoisotopic (exact) mass is 419 g/mol. The number of carbonyl (C=O) groups is 2. The van der Waals surface area contributed by atoms with E-state index in [1.54, 1.807) is 53.1 Å². The van der Waals surface area contributed by atoms with Crippen molar-refractivity contribution in [2.75, 3.05) is 17.7 Å². The average Bonchev–Trinajstić information content (AvgIpc) is 2.78. The van der Waals surface area contributed by atoms with Gasteiger partial charge in [-0.1, -0.05) is 24.3 Å². The molecule has 4 rings (SSSR count). The first-order valence-corrected chi connectivity index (χ1v) is 9.42. The van der Waals surface area contributed by atoms with Crippen molar-refractivity contribution in [1.82, 2.24) is 4.57 Å². The van der Waals surface area contributed by atoms with Crippen molar-refractivity contribution in [3.05, 3.63) is 82.8 Å². The molecule has 0 fully saturated rings. The van der Waals surface area contributed by atoms with Crippen LogP contribution >= 0.6 is 0 Å². The number of para-hydroxylation sites is 2. The van der Waals surface area contributed by atoms with Gasteiger partial charge in [0, 0.05) is 16.5 Å². The first-order chi connectivity index (χ1) is 15.0. The fraction of sp³-hybridized carbons (Fsp3) is 0.0870. The summed E-state index contributed by atoms with van der Waals surface area (Å²) in [6, 6.07) is 18.0. The van der Waals surface area contributed by atoms with Gasteiger partial charge in [0.1, 0.15) is 12.4 Å². The predicted molar refractivity (Wildman–Crippen MR) is 117 cm³/mol. The number of hydrogen-bond donors (Lipinski definition) is 2. The number of fused-ring (bicyclic) bond motifs is 2. The zero-order chi connectivity index (χ0) is 22.0. The van der Waals surface area contributed by atoms with Crippen molar-refractivity contribution in [2.45, 2.75) is 6.54 Å². The Balaban J connectivity index is 1.68. The number of aromatic nitrogens is 1. The highest BCUT2D eigenvalue weighted by molar-refractivity contribution is 5.97. The molecule has 0 radical (unpaired) electrons. The fourth-order valence-electron chi connectivity index (χ4n) is 3.45. The van der Waals surface area contributed by atoms with Crippen LogP contribution in [0.1, 0.15) is 0 Å². The van der Waals surface area contributed by atoms with E-state index in [0.717, 1.165) is 13.2 Å². The molecule has 0 aliphatic carbocycles. The zero-order valence-corrected chi connectivity index (χ0v) is 16.5.